The summed E-state index contributed by atoms with van der Waals surface area (Å²) in [7, 11) is 4.23. The topological polar surface area (TPSA) is 17.3 Å². The fourth-order valence-electron chi connectivity index (χ4n) is 2.54. The summed E-state index contributed by atoms with van der Waals surface area (Å²) in [4.78, 5) is 2.21. The minimum Gasteiger partial charge on any atom is -1.00 e. The van der Waals surface area contributed by atoms with Gasteiger partial charge in [0.05, 0.1) is 0 Å². The van der Waals surface area contributed by atoms with Gasteiger partial charge in [-0.1, -0.05) is 62.8 Å². The normalized spacial score (nSPS) is 13.4. The van der Waals surface area contributed by atoms with Gasteiger partial charge in [-0.25, -0.2) is 0 Å². The molecule has 24 heavy (non-hydrogen) atoms. The van der Waals surface area contributed by atoms with E-state index < -0.39 is 0 Å². The number of likely N-dealkylation sites (N-methyl/N-ethyl adjacent to an activating group) is 1. The molecule has 5 heteroatoms. The zero-order chi connectivity index (χ0) is 15.5. The van der Waals surface area contributed by atoms with Crippen molar-refractivity contribution in [1.82, 2.24) is 4.90 Å². The van der Waals surface area contributed by atoms with Crippen molar-refractivity contribution in [2.45, 2.75) is 39.3 Å². The van der Waals surface area contributed by atoms with Gasteiger partial charge in [-0.05, 0) is 37.2 Å². The molecule has 0 N–H and O–H groups in total. The minimum atomic E-state index is 0. The van der Waals surface area contributed by atoms with E-state index in [0.29, 0.717) is 0 Å². The maximum Gasteiger partial charge on any atom is 3.00 e. The Morgan fingerprint density at radius 2 is 1.71 bits per heavy atom. The van der Waals surface area contributed by atoms with Gasteiger partial charge in [-0.2, -0.15) is 0 Å². The summed E-state index contributed by atoms with van der Waals surface area (Å²) in [5.74, 6) is 0. The number of nitrogens with zero attached hydrogens (tertiary/aromatic N) is 2. The molecular formula is C19H27Cl2N2Ti. The van der Waals surface area contributed by atoms with Gasteiger partial charge in [-0.3, -0.25) is 0 Å². The average Bonchev–Trinajstić information content (AvgIpc) is 2.83. The first-order chi connectivity index (χ1) is 9.85. The molecule has 0 spiro atoms. The van der Waals surface area contributed by atoms with Gasteiger partial charge < -0.3 is 35.0 Å². The van der Waals surface area contributed by atoms with E-state index in [9.17, 15) is 0 Å². The number of rotatable bonds is 5. The zero-order valence-corrected chi connectivity index (χ0v) is 18.3. The Morgan fingerprint density at radius 3 is 2.29 bits per heavy atom. The molecule has 1 aromatic rings. The Kier molecular flexibility index (Phi) is 12.5. The Hall–Kier alpha value is -0.0857. The molecule has 0 aromatic heterocycles. The molecule has 0 saturated heterocycles. The van der Waals surface area contributed by atoms with Crippen molar-refractivity contribution in [3.05, 3.63) is 58.4 Å². The fraction of sp³-hybridized carbons (Fsp3) is 0.474. The number of halogens is 2. The fourth-order valence-corrected chi connectivity index (χ4v) is 2.54. The van der Waals surface area contributed by atoms with E-state index in [1.165, 1.54) is 22.3 Å². The van der Waals surface area contributed by atoms with Crippen molar-refractivity contribution in [2.75, 3.05) is 20.6 Å². The molecule has 0 fully saturated rings. The molecule has 2 nitrogen and oxygen atoms in total. The van der Waals surface area contributed by atoms with Gasteiger partial charge in [0.1, 0.15) is 0 Å². The van der Waals surface area contributed by atoms with Gasteiger partial charge in [-0.15, -0.1) is 12.1 Å². The zero-order valence-electron chi connectivity index (χ0n) is 15.2. The third-order valence-corrected chi connectivity index (χ3v) is 3.53. The van der Waals surface area contributed by atoms with Crippen LogP contribution in [0.25, 0.3) is 10.9 Å². The first-order valence-corrected chi connectivity index (χ1v) is 7.66. The molecule has 0 aliphatic heterocycles. The van der Waals surface area contributed by atoms with E-state index in [0.717, 1.165) is 19.5 Å². The number of hydrogen-bond acceptors (Lipinski definition) is 1. The van der Waals surface area contributed by atoms with Gasteiger partial charge in [0.15, 0.2) is 0 Å². The summed E-state index contributed by atoms with van der Waals surface area (Å²) in [6.45, 7) is 8.27. The summed E-state index contributed by atoms with van der Waals surface area (Å²) in [6.07, 6.45) is 5.72. The van der Waals surface area contributed by atoms with Crippen molar-refractivity contribution in [1.29, 1.82) is 0 Å². The van der Waals surface area contributed by atoms with Crippen LogP contribution in [0.15, 0.2) is 42.0 Å². The van der Waals surface area contributed by atoms with Crippen LogP contribution in [0.5, 0.6) is 0 Å². The summed E-state index contributed by atoms with van der Waals surface area (Å²) in [5, 5.41) is 4.77. The van der Waals surface area contributed by atoms with Gasteiger partial charge >= 0.3 is 21.7 Å². The molecule has 0 atom stereocenters. The van der Waals surface area contributed by atoms with Crippen LogP contribution in [-0.2, 0) is 28.3 Å². The van der Waals surface area contributed by atoms with Crippen molar-refractivity contribution >= 4 is 5.57 Å². The quantitative estimate of drug-likeness (QED) is 0.557. The molecule has 0 saturated carbocycles. The predicted molar refractivity (Wildman–Crippen MR) is 92.5 cm³/mol. The molecular weight excluding hydrogens is 375 g/mol. The number of allylic oxidation sites excluding steroid dienone is 2. The van der Waals surface area contributed by atoms with Gasteiger partial charge in [0, 0.05) is 6.54 Å². The van der Waals surface area contributed by atoms with Gasteiger partial charge in [0.25, 0.3) is 0 Å². The van der Waals surface area contributed by atoms with Crippen LogP contribution < -0.4 is 24.8 Å². The molecule has 131 valence electrons. The SMILES string of the molecule is CN(C)CC1=CCC(c2ccccc2C[N-]C(C)(C)C)=C1.[Cl-].[Cl-].[Ti+3]. The van der Waals surface area contributed by atoms with E-state index in [1.807, 2.05) is 0 Å². The van der Waals surface area contributed by atoms with Crippen molar-refractivity contribution < 1.29 is 46.5 Å². The Balaban J connectivity index is 0. The second-order valence-electron chi connectivity index (χ2n) is 7.03. The van der Waals surface area contributed by atoms with E-state index in [2.05, 4.69) is 76.2 Å². The van der Waals surface area contributed by atoms with Crippen molar-refractivity contribution in [2.24, 2.45) is 0 Å². The summed E-state index contributed by atoms with van der Waals surface area (Å²) < 4.78 is 0. The van der Waals surface area contributed by atoms with Gasteiger partial charge in [0.2, 0.25) is 0 Å². The standard InChI is InChI=1S/C19H27N2.2ClH.Ti/c1-19(2,3)20-13-17-8-6-7-9-18(17)16-11-10-15(12-16)14-21(4)5;;;/h6-10,12H,11,13-14H2,1-5H3;2*1H;/q-1;;;+3/p-2. The molecule has 1 radical (unpaired) electrons. The second-order valence-corrected chi connectivity index (χ2v) is 7.03. The Bertz CT molecular complexity index is 561. The van der Waals surface area contributed by atoms with Crippen LogP contribution in [-0.4, -0.2) is 31.1 Å². The van der Waals surface area contributed by atoms with E-state index in [-0.39, 0.29) is 52.1 Å². The molecule has 1 aliphatic carbocycles. The third kappa shape index (κ3) is 8.33. The molecule has 0 heterocycles. The Labute approximate surface area is 174 Å². The summed E-state index contributed by atoms with van der Waals surface area (Å²) in [6, 6.07) is 8.67. The monoisotopic (exact) mass is 401 g/mol. The van der Waals surface area contributed by atoms with Crippen LogP contribution in [0.2, 0.25) is 0 Å². The van der Waals surface area contributed by atoms with E-state index >= 15 is 0 Å². The number of benzene rings is 1. The van der Waals surface area contributed by atoms with E-state index in [1.54, 1.807) is 0 Å². The van der Waals surface area contributed by atoms with Crippen LogP contribution in [0, 0.1) is 0 Å². The Morgan fingerprint density at radius 1 is 1.08 bits per heavy atom. The first kappa shape index (κ1) is 26.1. The first-order valence-electron chi connectivity index (χ1n) is 7.66. The van der Waals surface area contributed by atoms with Crippen LogP contribution >= 0.6 is 0 Å². The largest absolute Gasteiger partial charge is 3.00 e. The molecule has 0 amide bonds. The summed E-state index contributed by atoms with van der Waals surface area (Å²) in [5.41, 5.74) is 5.55. The molecule has 0 unspecified atom stereocenters. The molecule has 2 rings (SSSR count). The smallest absolute Gasteiger partial charge is 1.00 e. The summed E-state index contributed by atoms with van der Waals surface area (Å²) >= 11 is 0. The number of hydrogen-bond donors (Lipinski definition) is 0. The van der Waals surface area contributed by atoms with Crippen LogP contribution in [0.3, 0.4) is 0 Å². The van der Waals surface area contributed by atoms with E-state index in [4.69, 9.17) is 5.32 Å². The van der Waals surface area contributed by atoms with Crippen LogP contribution in [0.1, 0.15) is 38.3 Å². The molecule has 1 aromatic carbocycles. The predicted octanol–water partition coefficient (Wildman–Crippen LogP) is -1.36. The maximum atomic E-state index is 4.77. The molecule has 0 bridgehead atoms. The average molecular weight is 402 g/mol. The second kappa shape index (κ2) is 11.5. The van der Waals surface area contributed by atoms with Crippen molar-refractivity contribution in [3.8, 4) is 0 Å². The molecule has 1 aliphatic rings. The van der Waals surface area contributed by atoms with Crippen molar-refractivity contribution in [3.63, 3.8) is 0 Å². The maximum absolute atomic E-state index is 4.77. The van der Waals surface area contributed by atoms with Crippen LogP contribution in [0.4, 0.5) is 0 Å². The minimum absolute atomic E-state index is 0. The third-order valence-electron chi connectivity index (χ3n) is 3.53.